The van der Waals surface area contributed by atoms with E-state index in [-0.39, 0.29) is 12.2 Å². The fraction of sp³-hybridized carbons (Fsp3) is 0.462. The van der Waals surface area contributed by atoms with Crippen molar-refractivity contribution >= 4 is 17.5 Å². The Labute approximate surface area is 119 Å². The molecule has 1 atom stereocenters. The van der Waals surface area contributed by atoms with Crippen molar-refractivity contribution in [3.05, 3.63) is 34.9 Å². The molecule has 0 N–H and O–H groups in total. The van der Waals surface area contributed by atoms with Crippen LogP contribution in [-0.4, -0.2) is 42.8 Å². The average Bonchev–Trinajstić information content (AvgIpc) is 2.87. The maximum absolute atomic E-state index is 12.7. The minimum absolute atomic E-state index is 0.127. The van der Waals surface area contributed by atoms with E-state index in [1.54, 1.807) is 6.07 Å². The Bertz CT molecular complexity index is 487. The van der Waals surface area contributed by atoms with Gasteiger partial charge >= 0.3 is 6.18 Å². The Morgan fingerprint density at radius 2 is 2.20 bits per heavy atom. The number of nitrogens with zero attached hydrogens (tertiary/aromatic N) is 1. The van der Waals surface area contributed by atoms with E-state index in [9.17, 15) is 18.0 Å². The highest BCUT2D eigenvalue weighted by molar-refractivity contribution is 6.30. The first-order valence-electron chi connectivity index (χ1n) is 6.08. The number of alkyl halides is 3. The number of amides is 1. The lowest BCUT2D eigenvalue weighted by molar-refractivity contribution is -0.144. The van der Waals surface area contributed by atoms with Crippen molar-refractivity contribution in [1.29, 1.82) is 0 Å². The van der Waals surface area contributed by atoms with Crippen LogP contribution in [0.25, 0.3) is 0 Å². The highest BCUT2D eigenvalue weighted by atomic mass is 35.5. The molecule has 0 bridgehead atoms. The summed E-state index contributed by atoms with van der Waals surface area (Å²) in [6, 6.07) is 5.36. The number of carbonyl (C=O) groups excluding carboxylic acids is 1. The molecule has 1 amide bonds. The van der Waals surface area contributed by atoms with Crippen molar-refractivity contribution in [2.45, 2.75) is 18.6 Å². The van der Waals surface area contributed by atoms with Gasteiger partial charge in [0, 0.05) is 17.2 Å². The second-order valence-electron chi connectivity index (χ2n) is 4.58. The lowest BCUT2D eigenvalue weighted by Crippen LogP contribution is -2.46. The quantitative estimate of drug-likeness (QED) is 0.858. The molecule has 0 unspecified atom stereocenters. The number of ether oxygens (including phenoxy) is 1. The van der Waals surface area contributed by atoms with Gasteiger partial charge < -0.3 is 9.64 Å². The van der Waals surface area contributed by atoms with E-state index < -0.39 is 24.7 Å². The van der Waals surface area contributed by atoms with E-state index in [0.717, 1.165) is 4.90 Å². The van der Waals surface area contributed by atoms with E-state index in [0.29, 0.717) is 18.1 Å². The SMILES string of the molecule is O=C(c1cccc(Cl)c1)N(CC(F)(F)F)[C@@H]1CCOC1. The van der Waals surface area contributed by atoms with Gasteiger partial charge in [0.2, 0.25) is 0 Å². The van der Waals surface area contributed by atoms with E-state index in [4.69, 9.17) is 16.3 Å². The normalized spacial score (nSPS) is 19.1. The highest BCUT2D eigenvalue weighted by Crippen LogP contribution is 2.24. The Balaban J connectivity index is 2.23. The lowest BCUT2D eigenvalue weighted by atomic mass is 10.1. The summed E-state index contributed by atoms with van der Waals surface area (Å²) < 4.78 is 43.0. The third-order valence-electron chi connectivity index (χ3n) is 3.03. The highest BCUT2D eigenvalue weighted by Gasteiger charge is 2.38. The molecule has 1 saturated heterocycles. The fourth-order valence-electron chi connectivity index (χ4n) is 2.12. The molecule has 0 aromatic heterocycles. The van der Waals surface area contributed by atoms with Crippen LogP contribution >= 0.6 is 11.6 Å². The molecule has 1 aromatic carbocycles. The number of halogens is 4. The van der Waals surface area contributed by atoms with Crippen molar-refractivity contribution in [3.63, 3.8) is 0 Å². The maximum Gasteiger partial charge on any atom is 0.406 e. The van der Waals surface area contributed by atoms with E-state index >= 15 is 0 Å². The molecular formula is C13H13ClF3NO2. The van der Waals surface area contributed by atoms with Gasteiger partial charge in [-0.05, 0) is 24.6 Å². The number of hydrogen-bond donors (Lipinski definition) is 0. The van der Waals surface area contributed by atoms with E-state index in [1.807, 2.05) is 0 Å². The summed E-state index contributed by atoms with van der Waals surface area (Å²) in [5.41, 5.74) is 0.147. The van der Waals surface area contributed by atoms with Gasteiger partial charge in [-0.1, -0.05) is 17.7 Å². The standard InChI is InChI=1S/C13H13ClF3NO2/c14-10-3-1-2-9(6-10)12(19)18(8-13(15,16)17)11-4-5-20-7-11/h1-3,6,11H,4-5,7-8H2/t11-/m1/s1. The van der Waals surface area contributed by atoms with Crippen molar-refractivity contribution in [2.24, 2.45) is 0 Å². The summed E-state index contributed by atoms with van der Waals surface area (Å²) in [5, 5.41) is 0.311. The molecule has 2 rings (SSSR count). The van der Waals surface area contributed by atoms with Crippen LogP contribution in [0.1, 0.15) is 16.8 Å². The molecule has 110 valence electrons. The maximum atomic E-state index is 12.7. The molecular weight excluding hydrogens is 295 g/mol. The summed E-state index contributed by atoms with van der Waals surface area (Å²) in [6.07, 6.45) is -4.04. The minimum atomic E-state index is -4.45. The number of rotatable bonds is 3. The van der Waals surface area contributed by atoms with Gasteiger partial charge in [0.15, 0.2) is 0 Å². The molecule has 3 nitrogen and oxygen atoms in total. The Kier molecular flexibility index (Phi) is 4.55. The first kappa shape index (κ1) is 15.1. The molecule has 0 saturated carbocycles. The van der Waals surface area contributed by atoms with Crippen molar-refractivity contribution in [3.8, 4) is 0 Å². The fourth-order valence-corrected chi connectivity index (χ4v) is 2.31. The number of benzene rings is 1. The number of hydrogen-bond acceptors (Lipinski definition) is 2. The zero-order chi connectivity index (χ0) is 14.8. The van der Waals surface area contributed by atoms with Gasteiger partial charge in [-0.2, -0.15) is 13.2 Å². The van der Waals surface area contributed by atoms with Crippen molar-refractivity contribution in [1.82, 2.24) is 4.90 Å². The monoisotopic (exact) mass is 307 g/mol. The molecule has 1 aliphatic rings. The molecule has 0 aliphatic carbocycles. The molecule has 1 aromatic rings. The molecule has 1 heterocycles. The molecule has 0 radical (unpaired) electrons. The van der Waals surface area contributed by atoms with Crippen LogP contribution < -0.4 is 0 Å². The first-order chi connectivity index (χ1) is 9.37. The van der Waals surface area contributed by atoms with Gasteiger partial charge in [-0.3, -0.25) is 4.79 Å². The van der Waals surface area contributed by atoms with Crippen molar-refractivity contribution in [2.75, 3.05) is 19.8 Å². The summed E-state index contributed by atoms with van der Waals surface area (Å²) >= 11 is 5.77. The van der Waals surface area contributed by atoms with E-state index in [1.165, 1.54) is 18.2 Å². The van der Waals surface area contributed by atoms with Crippen LogP contribution in [0.15, 0.2) is 24.3 Å². The van der Waals surface area contributed by atoms with Crippen LogP contribution in [0.3, 0.4) is 0 Å². The Hall–Kier alpha value is -1.27. The van der Waals surface area contributed by atoms with Gasteiger partial charge in [0.1, 0.15) is 6.54 Å². The van der Waals surface area contributed by atoms with Gasteiger partial charge in [-0.15, -0.1) is 0 Å². The van der Waals surface area contributed by atoms with Crippen LogP contribution in [0.2, 0.25) is 5.02 Å². The molecule has 1 aliphatic heterocycles. The number of carbonyl (C=O) groups is 1. The summed E-state index contributed by atoms with van der Waals surface area (Å²) in [4.78, 5) is 13.1. The van der Waals surface area contributed by atoms with Gasteiger partial charge in [0.25, 0.3) is 5.91 Å². The smallest absolute Gasteiger partial charge is 0.379 e. The van der Waals surface area contributed by atoms with Gasteiger partial charge in [-0.25, -0.2) is 0 Å². The minimum Gasteiger partial charge on any atom is -0.379 e. The van der Waals surface area contributed by atoms with Crippen molar-refractivity contribution < 1.29 is 22.7 Å². The lowest BCUT2D eigenvalue weighted by Gasteiger charge is -2.29. The predicted octanol–water partition coefficient (Wildman–Crippen LogP) is 3.13. The van der Waals surface area contributed by atoms with Crippen LogP contribution in [-0.2, 0) is 4.74 Å². The second-order valence-corrected chi connectivity index (χ2v) is 5.01. The summed E-state index contributed by atoms with van der Waals surface area (Å²) in [5.74, 6) is -0.680. The summed E-state index contributed by atoms with van der Waals surface area (Å²) in [6.45, 7) is -0.795. The second kappa shape index (κ2) is 6.01. The molecule has 1 fully saturated rings. The Morgan fingerprint density at radius 3 is 2.75 bits per heavy atom. The topological polar surface area (TPSA) is 29.5 Å². The van der Waals surface area contributed by atoms with E-state index in [2.05, 4.69) is 0 Å². The van der Waals surface area contributed by atoms with Crippen LogP contribution in [0, 0.1) is 0 Å². The van der Waals surface area contributed by atoms with Gasteiger partial charge in [0.05, 0.1) is 12.6 Å². The third-order valence-corrected chi connectivity index (χ3v) is 3.26. The third kappa shape index (κ3) is 3.86. The summed E-state index contributed by atoms with van der Waals surface area (Å²) in [7, 11) is 0. The molecule has 7 heteroatoms. The predicted molar refractivity (Wildman–Crippen MR) is 67.8 cm³/mol. The van der Waals surface area contributed by atoms with Crippen LogP contribution in [0.5, 0.6) is 0 Å². The average molecular weight is 308 g/mol. The van der Waals surface area contributed by atoms with Crippen LogP contribution in [0.4, 0.5) is 13.2 Å². The molecule has 0 spiro atoms. The zero-order valence-electron chi connectivity index (χ0n) is 10.5. The Morgan fingerprint density at radius 1 is 1.45 bits per heavy atom. The zero-order valence-corrected chi connectivity index (χ0v) is 11.2. The first-order valence-corrected chi connectivity index (χ1v) is 6.45. The molecule has 20 heavy (non-hydrogen) atoms. The largest absolute Gasteiger partial charge is 0.406 e.